The lowest BCUT2D eigenvalue weighted by atomic mass is 10.1. The molecule has 3 nitrogen and oxygen atoms in total. The van der Waals surface area contributed by atoms with Crippen molar-refractivity contribution < 1.29 is 4.74 Å². The van der Waals surface area contributed by atoms with Crippen LogP contribution < -0.4 is 0 Å². The van der Waals surface area contributed by atoms with Crippen molar-refractivity contribution in [2.24, 2.45) is 0 Å². The maximum atomic E-state index is 8.75. The first-order chi connectivity index (χ1) is 7.71. The largest absolute Gasteiger partial charge is 0.511 e. The molecule has 0 amide bonds. The molecule has 0 unspecified atom stereocenters. The summed E-state index contributed by atoms with van der Waals surface area (Å²) in [6.45, 7) is 6.86. The Labute approximate surface area is 103 Å². The van der Waals surface area contributed by atoms with Gasteiger partial charge in [0.25, 0.3) is 5.70 Å². The van der Waals surface area contributed by atoms with Crippen LogP contribution >= 0.6 is 15.9 Å². The molecule has 0 bridgehead atoms. The molecule has 0 aromatic heterocycles. The van der Waals surface area contributed by atoms with Gasteiger partial charge in [0.1, 0.15) is 5.76 Å². The third kappa shape index (κ3) is 3.12. The Morgan fingerprint density at radius 1 is 1.62 bits per heavy atom. The predicted molar refractivity (Wildman–Crippen MR) is 64.1 cm³/mol. The molecule has 16 heavy (non-hydrogen) atoms. The molecule has 0 saturated heterocycles. The van der Waals surface area contributed by atoms with Crippen LogP contribution in [-0.4, -0.2) is 7.11 Å². The van der Waals surface area contributed by atoms with Crippen molar-refractivity contribution in [1.29, 1.82) is 5.26 Å². The third-order valence-corrected chi connectivity index (χ3v) is 2.48. The maximum absolute atomic E-state index is 8.75. The minimum Gasteiger partial charge on any atom is -0.511 e. The Bertz CT molecular complexity index is 478. The molecule has 0 aliphatic rings. The molecular formula is C12H9BrN2O. The van der Waals surface area contributed by atoms with Gasteiger partial charge in [-0.05, 0) is 17.7 Å². The second-order valence-electron chi connectivity index (χ2n) is 3.01. The van der Waals surface area contributed by atoms with Crippen molar-refractivity contribution in [3.05, 3.63) is 57.2 Å². The van der Waals surface area contributed by atoms with Crippen LogP contribution in [0, 0.1) is 17.9 Å². The molecule has 80 valence electrons. The zero-order valence-corrected chi connectivity index (χ0v) is 10.3. The number of nitrogens with zero attached hydrogens (tertiary/aromatic N) is 2. The fourth-order valence-electron chi connectivity index (χ4n) is 1.23. The van der Waals surface area contributed by atoms with Crippen molar-refractivity contribution in [3.63, 3.8) is 0 Å². The summed E-state index contributed by atoms with van der Waals surface area (Å²) in [7, 11) is 1.47. The highest BCUT2D eigenvalue weighted by Gasteiger charge is 2.08. The van der Waals surface area contributed by atoms with Gasteiger partial charge in [-0.2, -0.15) is 0 Å². The van der Waals surface area contributed by atoms with Crippen molar-refractivity contribution in [2.75, 3.05) is 7.11 Å². The van der Waals surface area contributed by atoms with Gasteiger partial charge in [0.15, 0.2) is 0 Å². The molecule has 4 heteroatoms. The number of rotatable bonds is 3. The van der Waals surface area contributed by atoms with Crippen LogP contribution in [0.5, 0.6) is 0 Å². The van der Waals surface area contributed by atoms with Crippen molar-refractivity contribution >= 4 is 15.9 Å². The fraction of sp³-hybridized carbons (Fsp3) is 0.167. The van der Waals surface area contributed by atoms with Crippen LogP contribution in [0.1, 0.15) is 5.56 Å². The average molecular weight is 277 g/mol. The summed E-state index contributed by atoms with van der Waals surface area (Å²) < 4.78 is 6.03. The number of hydrogen-bond donors (Lipinski definition) is 0. The van der Waals surface area contributed by atoms with Crippen LogP contribution in [0.25, 0.3) is 4.85 Å². The summed E-state index contributed by atoms with van der Waals surface area (Å²) in [5.74, 6) is 0.399. The molecule has 0 fully saturated rings. The molecular weight excluding hydrogens is 268 g/mol. The lowest BCUT2D eigenvalue weighted by molar-refractivity contribution is 0.281. The highest BCUT2D eigenvalue weighted by Crippen LogP contribution is 2.17. The predicted octanol–water partition coefficient (Wildman–Crippen LogP) is 3.29. The standard InChI is InChI=1S/C12H9BrN2O/c1-15-11(8-14)12(16-2)7-9-4-3-5-10(13)6-9/h3-6H,7H2,2H3/b12-11+. The summed E-state index contributed by atoms with van der Waals surface area (Å²) >= 11 is 3.36. The van der Waals surface area contributed by atoms with E-state index in [1.54, 1.807) is 0 Å². The van der Waals surface area contributed by atoms with Gasteiger partial charge in [0.2, 0.25) is 0 Å². The minimum absolute atomic E-state index is 0.00229. The number of nitriles is 1. The molecule has 0 N–H and O–H groups in total. The molecule has 0 aliphatic heterocycles. The summed E-state index contributed by atoms with van der Waals surface area (Å²) in [4.78, 5) is 3.13. The van der Waals surface area contributed by atoms with E-state index in [0.29, 0.717) is 12.2 Å². The van der Waals surface area contributed by atoms with Gasteiger partial charge in [0.05, 0.1) is 19.8 Å². The molecule has 0 aliphatic carbocycles. The van der Waals surface area contributed by atoms with E-state index in [9.17, 15) is 0 Å². The second-order valence-corrected chi connectivity index (χ2v) is 3.92. The highest BCUT2D eigenvalue weighted by atomic mass is 79.9. The van der Waals surface area contributed by atoms with Crippen LogP contribution in [0.3, 0.4) is 0 Å². The summed E-state index contributed by atoms with van der Waals surface area (Å²) in [6, 6.07) is 9.49. The van der Waals surface area contributed by atoms with E-state index in [0.717, 1.165) is 10.0 Å². The first-order valence-corrected chi connectivity index (χ1v) is 5.29. The molecule has 1 rings (SSSR count). The molecule has 1 aromatic rings. The Balaban J connectivity index is 3.01. The Kier molecular flexibility index (Phi) is 4.57. The molecule has 0 spiro atoms. The summed E-state index contributed by atoms with van der Waals surface area (Å²) in [5.41, 5.74) is 0.991. The number of halogens is 1. The van der Waals surface area contributed by atoms with Gasteiger partial charge in [0, 0.05) is 10.9 Å². The van der Waals surface area contributed by atoms with Gasteiger partial charge in [-0.1, -0.05) is 28.1 Å². The Morgan fingerprint density at radius 2 is 2.38 bits per heavy atom. The van der Waals surface area contributed by atoms with Crippen molar-refractivity contribution in [2.45, 2.75) is 6.42 Å². The number of methoxy groups -OCH3 is 1. The fourth-order valence-corrected chi connectivity index (χ4v) is 1.68. The molecule has 0 heterocycles. The SMILES string of the molecule is [C-]#[N+]/C(C#N)=C(\Cc1cccc(Br)c1)OC. The lowest BCUT2D eigenvalue weighted by Gasteiger charge is -2.06. The molecule has 0 radical (unpaired) electrons. The Hall–Kier alpha value is -1.78. The number of allylic oxidation sites excluding steroid dienone is 2. The van der Waals surface area contributed by atoms with Gasteiger partial charge >= 0.3 is 0 Å². The first kappa shape index (κ1) is 12.3. The van der Waals surface area contributed by atoms with Crippen molar-refractivity contribution in [3.8, 4) is 6.07 Å². The van der Waals surface area contributed by atoms with E-state index >= 15 is 0 Å². The third-order valence-electron chi connectivity index (χ3n) is 1.98. The topological polar surface area (TPSA) is 37.4 Å². The van der Waals surface area contributed by atoms with E-state index in [4.69, 9.17) is 16.6 Å². The zero-order valence-electron chi connectivity index (χ0n) is 8.70. The quantitative estimate of drug-likeness (QED) is 0.483. The number of hydrogen-bond acceptors (Lipinski definition) is 2. The molecule has 1 aromatic carbocycles. The number of ether oxygens (including phenoxy) is 1. The zero-order chi connectivity index (χ0) is 12.0. The average Bonchev–Trinajstić information content (AvgIpc) is 2.29. The second kappa shape index (κ2) is 5.95. The van der Waals surface area contributed by atoms with E-state index < -0.39 is 0 Å². The number of benzene rings is 1. The van der Waals surface area contributed by atoms with E-state index in [2.05, 4.69) is 20.8 Å². The van der Waals surface area contributed by atoms with Crippen LogP contribution in [0.4, 0.5) is 0 Å². The maximum Gasteiger partial charge on any atom is 0.298 e. The van der Waals surface area contributed by atoms with Crippen molar-refractivity contribution in [1.82, 2.24) is 0 Å². The first-order valence-electron chi connectivity index (χ1n) is 4.50. The van der Waals surface area contributed by atoms with E-state index in [-0.39, 0.29) is 5.70 Å². The monoisotopic (exact) mass is 276 g/mol. The van der Waals surface area contributed by atoms with Gasteiger partial charge in [-0.15, -0.1) is 0 Å². The molecule has 0 saturated carbocycles. The van der Waals surface area contributed by atoms with Crippen LogP contribution in [-0.2, 0) is 11.2 Å². The van der Waals surface area contributed by atoms with Gasteiger partial charge < -0.3 is 4.74 Å². The Morgan fingerprint density at radius 3 is 2.88 bits per heavy atom. The van der Waals surface area contributed by atoms with Gasteiger partial charge in [-0.25, -0.2) is 10.1 Å². The van der Waals surface area contributed by atoms with E-state index in [1.807, 2.05) is 30.3 Å². The van der Waals surface area contributed by atoms with Gasteiger partial charge in [-0.3, -0.25) is 0 Å². The van der Waals surface area contributed by atoms with Crippen LogP contribution in [0.15, 0.2) is 40.2 Å². The highest BCUT2D eigenvalue weighted by molar-refractivity contribution is 9.10. The summed E-state index contributed by atoms with van der Waals surface area (Å²) in [6.07, 6.45) is 0.446. The molecule has 0 atom stereocenters. The minimum atomic E-state index is 0.00229. The normalized spacial score (nSPS) is 11.0. The lowest BCUT2D eigenvalue weighted by Crippen LogP contribution is -1.96. The van der Waals surface area contributed by atoms with Crippen LogP contribution in [0.2, 0.25) is 0 Å². The van der Waals surface area contributed by atoms with E-state index in [1.165, 1.54) is 7.11 Å². The summed E-state index contributed by atoms with van der Waals surface area (Å²) in [5, 5.41) is 8.75. The smallest absolute Gasteiger partial charge is 0.298 e.